The lowest BCUT2D eigenvalue weighted by atomic mass is 10.1. The minimum absolute atomic E-state index is 0.0283. The standard InChI is InChI=1S/C12H11F5N2O3/c13-7-6(8(14)10(16)11(17)9(7)15)12(22)19(3-1-2-18)4-5(20)21/h1-4,18H2,(H,20,21). The quantitative estimate of drug-likeness (QED) is 0.468. The van der Waals surface area contributed by atoms with E-state index in [9.17, 15) is 31.5 Å². The Labute approximate surface area is 121 Å². The number of nitrogens with zero attached hydrogens (tertiary/aromatic N) is 1. The van der Waals surface area contributed by atoms with Gasteiger partial charge in [0.1, 0.15) is 12.1 Å². The van der Waals surface area contributed by atoms with Gasteiger partial charge in [0, 0.05) is 6.54 Å². The summed E-state index contributed by atoms with van der Waals surface area (Å²) >= 11 is 0. The Morgan fingerprint density at radius 1 is 0.955 bits per heavy atom. The summed E-state index contributed by atoms with van der Waals surface area (Å²) in [5.41, 5.74) is 3.47. The van der Waals surface area contributed by atoms with Crippen LogP contribution in [0.2, 0.25) is 0 Å². The van der Waals surface area contributed by atoms with E-state index in [2.05, 4.69) is 0 Å². The topological polar surface area (TPSA) is 83.6 Å². The second-order valence-corrected chi connectivity index (χ2v) is 4.21. The largest absolute Gasteiger partial charge is 0.480 e. The zero-order valence-corrected chi connectivity index (χ0v) is 11.0. The summed E-state index contributed by atoms with van der Waals surface area (Å²) in [5.74, 6) is -14.7. The number of halogens is 5. The molecule has 0 aliphatic rings. The van der Waals surface area contributed by atoms with Crippen LogP contribution >= 0.6 is 0 Å². The Morgan fingerprint density at radius 2 is 1.41 bits per heavy atom. The molecule has 0 atom stereocenters. The summed E-state index contributed by atoms with van der Waals surface area (Å²) in [6, 6.07) is 0. The number of amides is 1. The lowest BCUT2D eigenvalue weighted by molar-refractivity contribution is -0.137. The molecule has 0 heterocycles. The molecule has 1 rings (SSSR count). The van der Waals surface area contributed by atoms with Crippen LogP contribution in [-0.2, 0) is 4.79 Å². The summed E-state index contributed by atoms with van der Waals surface area (Å²) < 4.78 is 66.1. The van der Waals surface area contributed by atoms with E-state index < -0.39 is 53.1 Å². The van der Waals surface area contributed by atoms with E-state index in [-0.39, 0.29) is 19.5 Å². The molecule has 0 saturated carbocycles. The van der Waals surface area contributed by atoms with Gasteiger partial charge in [-0.2, -0.15) is 0 Å². The molecule has 5 nitrogen and oxygen atoms in total. The molecule has 1 amide bonds. The van der Waals surface area contributed by atoms with Gasteiger partial charge in [0.15, 0.2) is 23.3 Å². The van der Waals surface area contributed by atoms with Crippen LogP contribution in [0.1, 0.15) is 16.8 Å². The number of rotatable bonds is 6. The molecule has 0 unspecified atom stereocenters. The second kappa shape index (κ2) is 7.16. The molecule has 0 aliphatic heterocycles. The number of carboxylic acids is 1. The molecular formula is C12H11F5N2O3. The Bertz CT molecular complexity index is 580. The highest BCUT2D eigenvalue weighted by Crippen LogP contribution is 2.24. The average molecular weight is 326 g/mol. The molecule has 1 aromatic rings. The lowest BCUT2D eigenvalue weighted by Crippen LogP contribution is -2.38. The van der Waals surface area contributed by atoms with Gasteiger partial charge in [-0.25, -0.2) is 22.0 Å². The van der Waals surface area contributed by atoms with Crippen molar-refractivity contribution in [3.05, 3.63) is 34.6 Å². The van der Waals surface area contributed by atoms with Crippen molar-refractivity contribution in [3.8, 4) is 0 Å². The van der Waals surface area contributed by atoms with Crippen LogP contribution in [0.5, 0.6) is 0 Å². The average Bonchev–Trinajstić information content (AvgIpc) is 2.47. The Kier molecular flexibility index (Phi) is 5.80. The number of carbonyl (C=O) groups excluding carboxylic acids is 1. The first kappa shape index (κ1) is 17.8. The van der Waals surface area contributed by atoms with E-state index in [1.807, 2.05) is 0 Å². The number of carbonyl (C=O) groups is 2. The Morgan fingerprint density at radius 3 is 1.82 bits per heavy atom. The molecule has 22 heavy (non-hydrogen) atoms. The number of hydrogen-bond donors (Lipinski definition) is 2. The second-order valence-electron chi connectivity index (χ2n) is 4.21. The maximum absolute atomic E-state index is 13.5. The number of aliphatic carboxylic acids is 1. The van der Waals surface area contributed by atoms with Crippen LogP contribution in [-0.4, -0.2) is 41.5 Å². The zero-order chi connectivity index (χ0) is 17.0. The third-order valence-corrected chi connectivity index (χ3v) is 2.67. The van der Waals surface area contributed by atoms with Crippen molar-refractivity contribution in [2.24, 2.45) is 5.73 Å². The van der Waals surface area contributed by atoms with Gasteiger partial charge in [0.25, 0.3) is 5.91 Å². The number of nitrogens with two attached hydrogens (primary N) is 1. The van der Waals surface area contributed by atoms with Crippen molar-refractivity contribution in [3.63, 3.8) is 0 Å². The van der Waals surface area contributed by atoms with E-state index in [0.717, 1.165) is 0 Å². The van der Waals surface area contributed by atoms with Gasteiger partial charge in [-0.05, 0) is 13.0 Å². The van der Waals surface area contributed by atoms with Gasteiger partial charge >= 0.3 is 5.97 Å². The highest BCUT2D eigenvalue weighted by Gasteiger charge is 2.32. The first-order valence-corrected chi connectivity index (χ1v) is 5.94. The normalized spacial score (nSPS) is 10.6. The van der Waals surface area contributed by atoms with Crippen molar-refractivity contribution in [1.29, 1.82) is 0 Å². The summed E-state index contributed by atoms with van der Waals surface area (Å²) in [5, 5.41) is 8.65. The smallest absolute Gasteiger partial charge is 0.323 e. The molecule has 0 aliphatic carbocycles. The fourth-order valence-corrected chi connectivity index (χ4v) is 1.65. The van der Waals surface area contributed by atoms with E-state index in [1.165, 1.54) is 0 Å². The van der Waals surface area contributed by atoms with Crippen molar-refractivity contribution >= 4 is 11.9 Å². The van der Waals surface area contributed by atoms with Crippen LogP contribution in [0.15, 0.2) is 0 Å². The van der Waals surface area contributed by atoms with E-state index in [1.54, 1.807) is 0 Å². The molecule has 0 aromatic heterocycles. The third-order valence-electron chi connectivity index (χ3n) is 2.67. The van der Waals surface area contributed by atoms with Crippen LogP contribution in [0.4, 0.5) is 22.0 Å². The molecular weight excluding hydrogens is 315 g/mol. The van der Waals surface area contributed by atoms with Crippen molar-refractivity contribution < 1.29 is 36.6 Å². The third kappa shape index (κ3) is 3.50. The number of hydrogen-bond acceptors (Lipinski definition) is 3. The molecule has 0 spiro atoms. The van der Waals surface area contributed by atoms with E-state index >= 15 is 0 Å². The fourth-order valence-electron chi connectivity index (χ4n) is 1.65. The van der Waals surface area contributed by atoms with E-state index in [0.29, 0.717) is 4.90 Å². The molecule has 1 aromatic carbocycles. The Balaban J connectivity index is 3.32. The minimum Gasteiger partial charge on any atom is -0.480 e. The van der Waals surface area contributed by atoms with Gasteiger partial charge in [0.05, 0.1) is 0 Å². The maximum Gasteiger partial charge on any atom is 0.323 e. The highest BCUT2D eigenvalue weighted by molar-refractivity contribution is 5.96. The number of benzene rings is 1. The highest BCUT2D eigenvalue weighted by atomic mass is 19.2. The van der Waals surface area contributed by atoms with Gasteiger partial charge < -0.3 is 15.7 Å². The summed E-state index contributed by atoms with van der Waals surface area (Å²) in [4.78, 5) is 23.0. The summed E-state index contributed by atoms with van der Waals surface area (Å²) in [6.45, 7) is -1.26. The zero-order valence-electron chi connectivity index (χ0n) is 11.0. The van der Waals surface area contributed by atoms with Crippen LogP contribution < -0.4 is 5.73 Å². The van der Waals surface area contributed by atoms with Crippen molar-refractivity contribution in [2.75, 3.05) is 19.6 Å². The van der Waals surface area contributed by atoms with Crippen LogP contribution in [0, 0.1) is 29.1 Å². The van der Waals surface area contributed by atoms with Gasteiger partial charge in [-0.1, -0.05) is 0 Å². The molecule has 3 N–H and O–H groups in total. The van der Waals surface area contributed by atoms with E-state index in [4.69, 9.17) is 10.8 Å². The first-order valence-electron chi connectivity index (χ1n) is 5.94. The van der Waals surface area contributed by atoms with Crippen LogP contribution in [0.3, 0.4) is 0 Å². The first-order chi connectivity index (χ1) is 10.2. The minimum atomic E-state index is -2.40. The fraction of sp³-hybridized carbons (Fsp3) is 0.333. The Hall–Kier alpha value is -2.23. The predicted octanol–water partition coefficient (Wildman–Crippen LogP) is 1.26. The number of carboxylic acid groups (broad SMARTS) is 1. The van der Waals surface area contributed by atoms with Crippen molar-refractivity contribution in [1.82, 2.24) is 4.90 Å². The summed E-state index contributed by atoms with van der Waals surface area (Å²) in [6.07, 6.45) is 0.0778. The molecule has 10 heteroatoms. The van der Waals surface area contributed by atoms with Gasteiger partial charge in [-0.15, -0.1) is 0 Å². The van der Waals surface area contributed by atoms with Gasteiger partial charge in [-0.3, -0.25) is 9.59 Å². The molecule has 0 fully saturated rings. The molecule has 0 bridgehead atoms. The predicted molar refractivity (Wildman–Crippen MR) is 63.4 cm³/mol. The van der Waals surface area contributed by atoms with Crippen molar-refractivity contribution in [2.45, 2.75) is 6.42 Å². The maximum atomic E-state index is 13.5. The van der Waals surface area contributed by atoms with Gasteiger partial charge in [0.2, 0.25) is 5.82 Å². The molecule has 0 saturated heterocycles. The lowest BCUT2D eigenvalue weighted by Gasteiger charge is -2.21. The molecule has 122 valence electrons. The SMILES string of the molecule is NCCCN(CC(=O)O)C(=O)c1c(F)c(F)c(F)c(F)c1F. The van der Waals surface area contributed by atoms with Crippen LogP contribution in [0.25, 0.3) is 0 Å². The monoisotopic (exact) mass is 326 g/mol. The summed E-state index contributed by atoms with van der Waals surface area (Å²) in [7, 11) is 0. The molecule has 0 radical (unpaired) electrons.